The molecule has 0 saturated heterocycles. The van der Waals surface area contributed by atoms with Crippen molar-refractivity contribution in [2.45, 2.75) is 40.3 Å². The van der Waals surface area contributed by atoms with Crippen molar-refractivity contribution in [2.75, 3.05) is 5.32 Å². The number of nitrogens with zero attached hydrogens (tertiary/aromatic N) is 2. The Bertz CT molecular complexity index is 1350. The standard InChI is InChI=1S/C27H28N4OS/c1-4-21-9-5-6-10-24(21)29-27(33)31(16-20-8-7-13-28-15-20)17-22-14-23-18(2)11-12-19(3)25(23)30-26(22)32/h5-15H,4,16-17H2,1-3H3,(H,29,33)(H,30,32). The summed E-state index contributed by atoms with van der Waals surface area (Å²) in [6, 6.07) is 18.2. The van der Waals surface area contributed by atoms with Gasteiger partial charge in [0.05, 0.1) is 12.1 Å². The summed E-state index contributed by atoms with van der Waals surface area (Å²) < 4.78 is 0. The van der Waals surface area contributed by atoms with Gasteiger partial charge in [-0.2, -0.15) is 0 Å². The second-order valence-electron chi connectivity index (χ2n) is 8.27. The third kappa shape index (κ3) is 5.12. The van der Waals surface area contributed by atoms with Crippen LogP contribution in [0.25, 0.3) is 10.9 Å². The minimum atomic E-state index is -0.0934. The van der Waals surface area contributed by atoms with Crippen molar-refractivity contribution in [3.05, 3.63) is 105 Å². The normalized spacial score (nSPS) is 10.9. The Hall–Kier alpha value is -3.51. The minimum absolute atomic E-state index is 0.0934. The highest BCUT2D eigenvalue weighted by Gasteiger charge is 2.16. The summed E-state index contributed by atoms with van der Waals surface area (Å²) in [6.07, 6.45) is 4.48. The number of fused-ring (bicyclic) bond motifs is 1. The van der Waals surface area contributed by atoms with Crippen molar-refractivity contribution < 1.29 is 0 Å². The highest BCUT2D eigenvalue weighted by atomic mass is 32.1. The highest BCUT2D eigenvalue weighted by molar-refractivity contribution is 7.80. The molecule has 5 nitrogen and oxygen atoms in total. The van der Waals surface area contributed by atoms with Crippen LogP contribution in [-0.2, 0) is 19.5 Å². The van der Waals surface area contributed by atoms with Crippen LogP contribution in [0.1, 0.15) is 34.7 Å². The fraction of sp³-hybridized carbons (Fsp3) is 0.222. The van der Waals surface area contributed by atoms with E-state index in [1.54, 1.807) is 6.20 Å². The predicted molar refractivity (Wildman–Crippen MR) is 140 cm³/mol. The van der Waals surface area contributed by atoms with Gasteiger partial charge in [-0.25, -0.2) is 0 Å². The van der Waals surface area contributed by atoms with Gasteiger partial charge < -0.3 is 15.2 Å². The van der Waals surface area contributed by atoms with Crippen molar-refractivity contribution in [1.82, 2.24) is 14.9 Å². The summed E-state index contributed by atoms with van der Waals surface area (Å²) in [5, 5.41) is 5.03. The predicted octanol–water partition coefficient (Wildman–Crippen LogP) is 5.50. The number of hydrogen-bond donors (Lipinski definition) is 2. The molecule has 0 aliphatic carbocycles. The molecule has 6 heteroatoms. The topological polar surface area (TPSA) is 61.0 Å². The Morgan fingerprint density at radius 1 is 1.03 bits per heavy atom. The molecule has 2 aromatic heterocycles. The van der Waals surface area contributed by atoms with Crippen molar-refractivity contribution in [3.8, 4) is 0 Å². The lowest BCUT2D eigenvalue weighted by molar-refractivity contribution is 0.410. The Kier molecular flexibility index (Phi) is 6.84. The van der Waals surface area contributed by atoms with Crippen molar-refractivity contribution in [1.29, 1.82) is 0 Å². The van der Waals surface area contributed by atoms with E-state index in [0.29, 0.717) is 23.8 Å². The van der Waals surface area contributed by atoms with E-state index in [9.17, 15) is 4.79 Å². The number of aromatic nitrogens is 2. The molecule has 0 fully saturated rings. The maximum absolute atomic E-state index is 13.0. The van der Waals surface area contributed by atoms with E-state index in [1.165, 1.54) is 5.56 Å². The zero-order valence-electron chi connectivity index (χ0n) is 19.2. The largest absolute Gasteiger partial charge is 0.340 e. The molecule has 0 radical (unpaired) electrons. The Labute approximate surface area is 199 Å². The van der Waals surface area contributed by atoms with Crippen LogP contribution in [0.4, 0.5) is 5.69 Å². The molecule has 0 spiro atoms. The van der Waals surface area contributed by atoms with Crippen LogP contribution in [0, 0.1) is 13.8 Å². The molecule has 0 atom stereocenters. The van der Waals surface area contributed by atoms with Crippen LogP contribution < -0.4 is 10.9 Å². The maximum atomic E-state index is 13.0. The van der Waals surface area contributed by atoms with Crippen LogP contribution in [0.15, 0.2) is 71.8 Å². The van der Waals surface area contributed by atoms with Gasteiger partial charge in [0, 0.05) is 35.6 Å². The van der Waals surface area contributed by atoms with Gasteiger partial charge in [0.1, 0.15) is 0 Å². The summed E-state index contributed by atoms with van der Waals surface area (Å²) >= 11 is 5.83. The number of aromatic amines is 1. The van der Waals surface area contributed by atoms with Gasteiger partial charge in [-0.1, -0.05) is 43.3 Å². The lowest BCUT2D eigenvalue weighted by Crippen LogP contribution is -2.35. The van der Waals surface area contributed by atoms with E-state index < -0.39 is 0 Å². The van der Waals surface area contributed by atoms with E-state index in [2.05, 4.69) is 41.3 Å². The van der Waals surface area contributed by atoms with Crippen molar-refractivity contribution in [2.24, 2.45) is 0 Å². The van der Waals surface area contributed by atoms with Crippen LogP contribution in [-0.4, -0.2) is 20.0 Å². The van der Waals surface area contributed by atoms with Gasteiger partial charge in [0.25, 0.3) is 5.56 Å². The van der Waals surface area contributed by atoms with Gasteiger partial charge in [-0.3, -0.25) is 9.78 Å². The number of thiocarbonyl (C=S) groups is 1. The van der Waals surface area contributed by atoms with E-state index in [1.807, 2.05) is 60.5 Å². The SMILES string of the molecule is CCc1ccccc1NC(=S)N(Cc1cccnc1)Cc1cc2c(C)ccc(C)c2[nH]c1=O. The molecule has 0 unspecified atom stereocenters. The fourth-order valence-electron chi connectivity index (χ4n) is 4.00. The number of anilines is 1. The lowest BCUT2D eigenvalue weighted by Gasteiger charge is -2.26. The molecular formula is C27H28N4OS. The van der Waals surface area contributed by atoms with Crippen molar-refractivity contribution in [3.63, 3.8) is 0 Å². The Morgan fingerprint density at radius 3 is 2.58 bits per heavy atom. The monoisotopic (exact) mass is 456 g/mol. The van der Waals surface area contributed by atoms with Crippen molar-refractivity contribution >= 4 is 33.9 Å². The molecule has 33 heavy (non-hydrogen) atoms. The molecule has 0 aliphatic rings. The number of hydrogen-bond acceptors (Lipinski definition) is 3. The van der Waals surface area contributed by atoms with Crippen LogP contribution >= 0.6 is 12.2 Å². The van der Waals surface area contributed by atoms with E-state index in [4.69, 9.17) is 12.2 Å². The average Bonchev–Trinajstić information content (AvgIpc) is 2.83. The first-order valence-corrected chi connectivity index (χ1v) is 11.5. The molecular weight excluding hydrogens is 428 g/mol. The number of benzene rings is 2. The number of rotatable bonds is 6. The van der Waals surface area contributed by atoms with E-state index in [-0.39, 0.29) is 5.56 Å². The molecule has 4 aromatic rings. The second-order valence-corrected chi connectivity index (χ2v) is 8.66. The number of aryl methyl sites for hydroxylation is 3. The summed E-state index contributed by atoms with van der Waals surface area (Å²) in [6.45, 7) is 7.11. The highest BCUT2D eigenvalue weighted by Crippen LogP contribution is 2.21. The van der Waals surface area contributed by atoms with Crippen LogP contribution in [0.3, 0.4) is 0 Å². The van der Waals surface area contributed by atoms with Gasteiger partial charge in [0.15, 0.2) is 5.11 Å². The number of pyridine rings is 2. The van der Waals surface area contributed by atoms with Gasteiger partial charge >= 0.3 is 0 Å². The fourth-order valence-corrected chi connectivity index (χ4v) is 4.24. The summed E-state index contributed by atoms with van der Waals surface area (Å²) in [5.41, 5.74) is 6.85. The second kappa shape index (κ2) is 9.96. The molecule has 2 aromatic carbocycles. The maximum Gasteiger partial charge on any atom is 0.253 e. The quantitative estimate of drug-likeness (QED) is 0.375. The van der Waals surface area contributed by atoms with Gasteiger partial charge in [-0.05, 0) is 72.9 Å². The molecule has 2 heterocycles. The molecule has 0 aliphatic heterocycles. The molecule has 4 rings (SSSR count). The summed E-state index contributed by atoms with van der Waals surface area (Å²) in [5.74, 6) is 0. The third-order valence-corrected chi connectivity index (χ3v) is 6.27. The molecule has 0 amide bonds. The number of nitrogens with one attached hydrogen (secondary N) is 2. The third-order valence-electron chi connectivity index (χ3n) is 5.91. The molecule has 2 N–H and O–H groups in total. The number of H-pyrrole nitrogens is 1. The molecule has 0 bridgehead atoms. The van der Waals surface area contributed by atoms with E-state index in [0.717, 1.165) is 39.7 Å². The smallest absolute Gasteiger partial charge is 0.253 e. The zero-order chi connectivity index (χ0) is 23.4. The Morgan fingerprint density at radius 2 is 1.82 bits per heavy atom. The number of para-hydroxylation sites is 1. The summed E-state index contributed by atoms with van der Waals surface area (Å²) in [7, 11) is 0. The van der Waals surface area contributed by atoms with Crippen LogP contribution in [0.2, 0.25) is 0 Å². The first kappa shape index (κ1) is 22.7. The first-order chi connectivity index (χ1) is 16.0. The minimum Gasteiger partial charge on any atom is -0.340 e. The van der Waals surface area contributed by atoms with Crippen LogP contribution in [0.5, 0.6) is 0 Å². The first-order valence-electron chi connectivity index (χ1n) is 11.1. The van der Waals surface area contributed by atoms with Gasteiger partial charge in [-0.15, -0.1) is 0 Å². The zero-order valence-corrected chi connectivity index (χ0v) is 20.0. The summed E-state index contributed by atoms with van der Waals surface area (Å²) in [4.78, 5) is 22.3. The van der Waals surface area contributed by atoms with E-state index >= 15 is 0 Å². The Balaban J connectivity index is 1.69. The molecule has 0 saturated carbocycles. The van der Waals surface area contributed by atoms with Gasteiger partial charge in [0.2, 0.25) is 0 Å². The average molecular weight is 457 g/mol. The lowest BCUT2D eigenvalue weighted by atomic mass is 10.0. The molecule has 168 valence electrons.